The molecule has 0 bridgehead atoms. The van der Waals surface area contributed by atoms with E-state index in [0.717, 1.165) is 5.56 Å². The van der Waals surface area contributed by atoms with Gasteiger partial charge in [0.1, 0.15) is 0 Å². The highest BCUT2D eigenvalue weighted by Gasteiger charge is 2.17. The van der Waals surface area contributed by atoms with Gasteiger partial charge < -0.3 is 5.32 Å². The number of rotatable bonds is 5. The summed E-state index contributed by atoms with van der Waals surface area (Å²) < 4.78 is 3.27. The number of nitrogens with one attached hydrogen (secondary N) is 1. The first kappa shape index (κ1) is 15.0. The fraction of sp³-hybridized carbons (Fsp3) is 0.118. The summed E-state index contributed by atoms with van der Waals surface area (Å²) in [5.74, 6) is -0.196. The molecule has 0 radical (unpaired) electrons. The first-order valence-corrected chi connectivity index (χ1v) is 7.80. The van der Waals surface area contributed by atoms with Gasteiger partial charge in [-0.15, -0.1) is 5.10 Å². The van der Waals surface area contributed by atoms with Gasteiger partial charge in [-0.3, -0.25) is 9.48 Å². The van der Waals surface area contributed by atoms with Gasteiger partial charge in [-0.25, -0.2) is 0 Å². The van der Waals surface area contributed by atoms with Crippen LogP contribution in [0.4, 0.5) is 0 Å². The number of tetrazole rings is 1. The number of carbonyl (C=O) groups excluding carboxylic acids is 1. The zero-order chi connectivity index (χ0) is 17.1. The molecule has 3 aromatic heterocycles. The smallest absolute Gasteiger partial charge is 0.253 e. The minimum Gasteiger partial charge on any atom is -0.343 e. The molecule has 1 amide bonds. The second-order valence-electron chi connectivity index (χ2n) is 5.56. The van der Waals surface area contributed by atoms with E-state index in [2.05, 4.69) is 25.9 Å². The normalized spacial score (nSPS) is 12.2. The Hall–Kier alpha value is -3.55. The van der Waals surface area contributed by atoms with Crippen molar-refractivity contribution in [3.8, 4) is 0 Å². The highest BCUT2D eigenvalue weighted by molar-refractivity contribution is 5.94. The Kier molecular flexibility index (Phi) is 3.91. The second-order valence-corrected chi connectivity index (χ2v) is 5.56. The van der Waals surface area contributed by atoms with Crippen LogP contribution in [-0.4, -0.2) is 35.7 Å². The van der Waals surface area contributed by atoms with E-state index in [1.54, 1.807) is 29.2 Å². The maximum absolute atomic E-state index is 12.7. The van der Waals surface area contributed by atoms with Gasteiger partial charge >= 0.3 is 0 Å². The lowest BCUT2D eigenvalue weighted by atomic mass is 10.1. The predicted octanol–water partition coefficient (Wildman–Crippen LogP) is 1.49. The quantitative estimate of drug-likeness (QED) is 0.598. The lowest BCUT2D eigenvalue weighted by molar-refractivity contribution is 0.0931. The monoisotopic (exact) mass is 333 g/mol. The van der Waals surface area contributed by atoms with Crippen molar-refractivity contribution in [2.45, 2.75) is 12.6 Å². The SMILES string of the molecule is O=C(NC(Cn1cccn1)c1ccccc1)c1ccc2nnnn2c1. The summed E-state index contributed by atoms with van der Waals surface area (Å²) in [7, 11) is 0. The number of nitrogens with zero attached hydrogens (tertiary/aromatic N) is 6. The van der Waals surface area contributed by atoms with Crippen LogP contribution in [0.1, 0.15) is 22.0 Å². The molecule has 1 atom stereocenters. The molecule has 1 unspecified atom stereocenters. The molecule has 1 N–H and O–H groups in total. The van der Waals surface area contributed by atoms with Gasteiger partial charge in [-0.1, -0.05) is 30.3 Å². The summed E-state index contributed by atoms with van der Waals surface area (Å²) >= 11 is 0. The van der Waals surface area contributed by atoms with Crippen LogP contribution < -0.4 is 5.32 Å². The summed E-state index contributed by atoms with van der Waals surface area (Å²) in [5.41, 5.74) is 2.09. The van der Waals surface area contributed by atoms with Crippen molar-refractivity contribution in [3.63, 3.8) is 0 Å². The Balaban J connectivity index is 1.59. The van der Waals surface area contributed by atoms with Gasteiger partial charge in [0.25, 0.3) is 5.91 Å². The van der Waals surface area contributed by atoms with E-state index < -0.39 is 0 Å². The highest BCUT2D eigenvalue weighted by atomic mass is 16.1. The summed E-state index contributed by atoms with van der Waals surface area (Å²) in [6, 6.07) is 14.9. The predicted molar refractivity (Wildman–Crippen MR) is 89.7 cm³/mol. The number of aromatic nitrogens is 6. The molecule has 0 aliphatic rings. The molecule has 0 aliphatic carbocycles. The van der Waals surface area contributed by atoms with E-state index in [4.69, 9.17) is 0 Å². The van der Waals surface area contributed by atoms with Crippen LogP contribution >= 0.6 is 0 Å². The van der Waals surface area contributed by atoms with Crippen LogP contribution in [0.25, 0.3) is 5.65 Å². The molecular formula is C17H15N7O. The summed E-state index contributed by atoms with van der Waals surface area (Å²) in [6.45, 7) is 0.538. The van der Waals surface area contributed by atoms with Crippen LogP contribution in [0.15, 0.2) is 67.1 Å². The molecule has 0 spiro atoms. The van der Waals surface area contributed by atoms with Gasteiger partial charge in [0.05, 0.1) is 18.2 Å². The van der Waals surface area contributed by atoms with E-state index in [0.29, 0.717) is 17.8 Å². The molecule has 0 saturated carbocycles. The first-order chi connectivity index (χ1) is 12.3. The molecule has 124 valence electrons. The Morgan fingerprint density at radius 3 is 2.80 bits per heavy atom. The zero-order valence-corrected chi connectivity index (χ0v) is 13.2. The lowest BCUT2D eigenvalue weighted by Crippen LogP contribution is -2.31. The number of fused-ring (bicyclic) bond motifs is 1. The molecule has 4 aromatic rings. The third kappa shape index (κ3) is 3.23. The van der Waals surface area contributed by atoms with Crippen molar-refractivity contribution in [2.75, 3.05) is 0 Å². The average molecular weight is 333 g/mol. The van der Waals surface area contributed by atoms with Crippen molar-refractivity contribution in [1.82, 2.24) is 35.1 Å². The van der Waals surface area contributed by atoms with Crippen LogP contribution in [0, 0.1) is 0 Å². The van der Waals surface area contributed by atoms with Crippen molar-refractivity contribution in [2.24, 2.45) is 0 Å². The third-order valence-electron chi connectivity index (χ3n) is 3.89. The lowest BCUT2D eigenvalue weighted by Gasteiger charge is -2.19. The summed E-state index contributed by atoms with van der Waals surface area (Å²) in [4.78, 5) is 12.7. The maximum atomic E-state index is 12.7. The highest BCUT2D eigenvalue weighted by Crippen LogP contribution is 2.16. The fourth-order valence-electron chi connectivity index (χ4n) is 2.63. The number of carbonyl (C=O) groups is 1. The number of pyridine rings is 1. The zero-order valence-electron chi connectivity index (χ0n) is 13.2. The Labute approximate surface area is 143 Å². The van der Waals surface area contributed by atoms with Crippen molar-refractivity contribution < 1.29 is 4.79 Å². The number of hydrogen-bond donors (Lipinski definition) is 1. The van der Waals surface area contributed by atoms with Gasteiger partial charge in [0.15, 0.2) is 5.65 Å². The number of benzene rings is 1. The fourth-order valence-corrected chi connectivity index (χ4v) is 2.63. The molecule has 3 heterocycles. The van der Waals surface area contributed by atoms with Crippen molar-refractivity contribution >= 4 is 11.6 Å². The van der Waals surface area contributed by atoms with Gasteiger partial charge in [0.2, 0.25) is 0 Å². The number of amides is 1. The molecule has 4 rings (SSSR count). The van der Waals surface area contributed by atoms with E-state index in [9.17, 15) is 4.79 Å². The van der Waals surface area contributed by atoms with E-state index in [1.165, 1.54) is 4.52 Å². The molecule has 0 aliphatic heterocycles. The van der Waals surface area contributed by atoms with E-state index >= 15 is 0 Å². The topological polar surface area (TPSA) is 90.0 Å². The van der Waals surface area contributed by atoms with Crippen LogP contribution in [0.3, 0.4) is 0 Å². The first-order valence-electron chi connectivity index (χ1n) is 7.80. The van der Waals surface area contributed by atoms with E-state index in [-0.39, 0.29) is 11.9 Å². The van der Waals surface area contributed by atoms with Crippen molar-refractivity contribution in [1.29, 1.82) is 0 Å². The third-order valence-corrected chi connectivity index (χ3v) is 3.89. The molecule has 0 saturated heterocycles. The minimum atomic E-state index is -0.210. The Bertz CT molecular complexity index is 979. The van der Waals surface area contributed by atoms with Gasteiger partial charge in [0, 0.05) is 18.6 Å². The van der Waals surface area contributed by atoms with Gasteiger partial charge in [-0.05, 0) is 34.2 Å². The maximum Gasteiger partial charge on any atom is 0.253 e. The van der Waals surface area contributed by atoms with Crippen LogP contribution in [-0.2, 0) is 6.54 Å². The standard InChI is InChI=1S/C17H15N7O/c25-17(14-7-8-16-20-21-22-24(16)11-14)19-15(12-23-10-4-9-18-23)13-5-2-1-3-6-13/h1-11,15H,12H2,(H,19,25). The van der Waals surface area contributed by atoms with Crippen LogP contribution in [0.2, 0.25) is 0 Å². The minimum absolute atomic E-state index is 0.196. The molecular weight excluding hydrogens is 318 g/mol. The largest absolute Gasteiger partial charge is 0.343 e. The molecule has 8 heteroatoms. The molecule has 25 heavy (non-hydrogen) atoms. The Morgan fingerprint density at radius 2 is 2.00 bits per heavy atom. The second kappa shape index (κ2) is 6.52. The molecule has 0 fully saturated rings. The van der Waals surface area contributed by atoms with E-state index in [1.807, 2.05) is 42.6 Å². The Morgan fingerprint density at radius 1 is 1.12 bits per heavy atom. The molecule has 8 nitrogen and oxygen atoms in total. The van der Waals surface area contributed by atoms with Crippen LogP contribution in [0.5, 0.6) is 0 Å². The summed E-state index contributed by atoms with van der Waals surface area (Å²) in [6.07, 6.45) is 5.20. The van der Waals surface area contributed by atoms with Gasteiger partial charge in [-0.2, -0.15) is 9.61 Å². The molecule has 1 aromatic carbocycles. The number of hydrogen-bond acceptors (Lipinski definition) is 5. The summed E-state index contributed by atoms with van der Waals surface area (Å²) in [5, 5.41) is 18.5. The average Bonchev–Trinajstić information content (AvgIpc) is 3.32. The van der Waals surface area contributed by atoms with Crippen molar-refractivity contribution in [3.05, 3.63) is 78.2 Å².